The van der Waals surface area contributed by atoms with E-state index in [4.69, 9.17) is 33.8 Å². The van der Waals surface area contributed by atoms with Crippen LogP contribution in [0.2, 0.25) is 10.0 Å². The fourth-order valence-corrected chi connectivity index (χ4v) is 8.19. The van der Waals surface area contributed by atoms with Crippen molar-refractivity contribution in [3.05, 3.63) is 98.7 Å². The van der Waals surface area contributed by atoms with Crippen LogP contribution in [0.1, 0.15) is 52.0 Å². The molecule has 4 aromatic rings. The summed E-state index contributed by atoms with van der Waals surface area (Å²) in [5.74, 6) is 4.99. The molecule has 1 saturated heterocycles. The van der Waals surface area contributed by atoms with Crippen LogP contribution in [0.25, 0.3) is 10.9 Å². The molecule has 0 unspecified atom stereocenters. The van der Waals surface area contributed by atoms with E-state index in [9.17, 15) is 18.0 Å². The van der Waals surface area contributed by atoms with Gasteiger partial charge in [-0.05, 0) is 80.6 Å². The Labute approximate surface area is 289 Å². The molecule has 1 atom stereocenters. The van der Waals surface area contributed by atoms with Crippen LogP contribution in [-0.2, 0) is 21.4 Å². The third-order valence-electron chi connectivity index (χ3n) is 8.09. The maximum Gasteiger partial charge on any atom is 0.251 e. The van der Waals surface area contributed by atoms with Gasteiger partial charge in [-0.15, -0.1) is 0 Å². The van der Waals surface area contributed by atoms with Crippen molar-refractivity contribution in [3.63, 3.8) is 0 Å². The highest BCUT2D eigenvalue weighted by Gasteiger charge is 2.40. The van der Waals surface area contributed by atoms with Crippen LogP contribution in [0.3, 0.4) is 0 Å². The largest absolute Gasteiger partial charge is 0.487 e. The van der Waals surface area contributed by atoms with E-state index in [-0.39, 0.29) is 40.5 Å². The van der Waals surface area contributed by atoms with E-state index in [2.05, 4.69) is 20.7 Å². The second kappa shape index (κ2) is 15.3. The number of benzene rings is 3. The monoisotopic (exact) mass is 710 g/mol. The van der Waals surface area contributed by atoms with Gasteiger partial charge in [-0.3, -0.25) is 9.59 Å². The summed E-state index contributed by atoms with van der Waals surface area (Å²) in [5.41, 5.74) is 4.14. The molecule has 2 amide bonds. The first-order valence-corrected chi connectivity index (χ1v) is 17.6. The number of carbonyl (C=O) groups excluding carboxylic acids is 2. The Bertz CT molecular complexity index is 1970. The number of aromatic nitrogens is 1. The fraction of sp³-hybridized carbons (Fsp3) is 0.294. The molecule has 14 heteroatoms. The minimum absolute atomic E-state index is 0.0630. The standard InChI is InChI=1S/C34H36Cl2N6O5S/c1-21-18-22(2)41-32-25(21)6-3-8-29(32)47-20-26-27(35)13-14-30(31(26)36)48(45,46)42-17-4-7-28(42)34(44)39-16-5-15-38-33(43)24-11-9-23(10-12-24)19-40-37/h3,6,8-14,18-19,28H,4-5,7,15-17,20,37H2,1-2H3,(H,38,43)(H,39,44)/b40-19+/t28-/m0/s1. The molecule has 0 radical (unpaired) electrons. The molecule has 5 rings (SSSR count). The minimum Gasteiger partial charge on any atom is -0.487 e. The van der Waals surface area contributed by atoms with Crippen molar-refractivity contribution in [2.75, 3.05) is 19.6 Å². The van der Waals surface area contributed by atoms with Gasteiger partial charge in [-0.1, -0.05) is 47.5 Å². The molecule has 1 aliphatic rings. The summed E-state index contributed by atoms with van der Waals surface area (Å²) < 4.78 is 35.1. The first-order chi connectivity index (χ1) is 23.0. The van der Waals surface area contributed by atoms with Gasteiger partial charge >= 0.3 is 0 Å². The molecule has 1 aliphatic heterocycles. The lowest BCUT2D eigenvalue weighted by molar-refractivity contribution is -0.124. The van der Waals surface area contributed by atoms with E-state index in [0.717, 1.165) is 22.2 Å². The fourth-order valence-electron chi connectivity index (χ4n) is 5.67. The topological polar surface area (TPSA) is 156 Å². The van der Waals surface area contributed by atoms with Crippen LogP contribution >= 0.6 is 23.2 Å². The van der Waals surface area contributed by atoms with E-state index in [1.54, 1.807) is 30.3 Å². The van der Waals surface area contributed by atoms with Gasteiger partial charge in [-0.25, -0.2) is 13.4 Å². The summed E-state index contributed by atoms with van der Waals surface area (Å²) in [6.07, 6.45) is 2.80. The number of pyridine rings is 1. The number of rotatable bonds is 12. The normalized spacial score (nSPS) is 15.2. The van der Waals surface area contributed by atoms with Gasteiger partial charge in [0.05, 0.1) is 11.2 Å². The maximum absolute atomic E-state index is 13.9. The molecule has 11 nitrogen and oxygen atoms in total. The number of sulfonamides is 1. The number of ether oxygens (including phenoxy) is 1. The summed E-state index contributed by atoms with van der Waals surface area (Å²) in [7, 11) is -4.17. The average Bonchev–Trinajstić information content (AvgIpc) is 3.56. The lowest BCUT2D eigenvalue weighted by Crippen LogP contribution is -2.46. The average molecular weight is 712 g/mol. The van der Waals surface area contributed by atoms with E-state index in [0.29, 0.717) is 48.2 Å². The number of carbonyl (C=O) groups is 2. The number of halogens is 2. The lowest BCUT2D eigenvalue weighted by atomic mass is 10.1. The van der Waals surface area contributed by atoms with Gasteiger partial charge in [0.1, 0.15) is 28.8 Å². The van der Waals surface area contributed by atoms with Crippen molar-refractivity contribution in [1.29, 1.82) is 0 Å². The predicted molar refractivity (Wildman–Crippen MR) is 187 cm³/mol. The van der Waals surface area contributed by atoms with Crippen molar-refractivity contribution in [2.45, 2.75) is 50.7 Å². The SMILES string of the molecule is Cc1cc(C)c2cccc(OCc3c(Cl)ccc(S(=O)(=O)N4CCC[C@H]4C(=O)NCCCNC(=O)c4ccc(/C=N/N)cc4)c3Cl)c2n1. The van der Waals surface area contributed by atoms with Crippen molar-refractivity contribution in [1.82, 2.24) is 19.9 Å². The van der Waals surface area contributed by atoms with Crippen LogP contribution in [0.15, 0.2) is 70.7 Å². The van der Waals surface area contributed by atoms with Gasteiger partial charge in [0.15, 0.2) is 0 Å². The third-order valence-corrected chi connectivity index (χ3v) is 10.9. The number of nitrogens with one attached hydrogen (secondary N) is 2. The van der Waals surface area contributed by atoms with E-state index in [1.807, 2.05) is 32.0 Å². The molecule has 1 aromatic heterocycles. The Hall–Kier alpha value is -4.23. The third kappa shape index (κ3) is 7.73. The lowest BCUT2D eigenvalue weighted by Gasteiger charge is -2.24. The number of nitrogens with two attached hydrogens (primary N) is 1. The highest BCUT2D eigenvalue weighted by molar-refractivity contribution is 7.89. The molecule has 48 heavy (non-hydrogen) atoms. The van der Waals surface area contributed by atoms with Crippen molar-refractivity contribution >= 4 is 62.2 Å². The van der Waals surface area contributed by atoms with Gasteiger partial charge in [-0.2, -0.15) is 9.41 Å². The maximum atomic E-state index is 13.9. The van der Waals surface area contributed by atoms with Gasteiger partial charge in [0.25, 0.3) is 5.91 Å². The molecular weight excluding hydrogens is 675 g/mol. The predicted octanol–water partition coefficient (Wildman–Crippen LogP) is 5.12. The number of para-hydroxylation sites is 1. The van der Waals surface area contributed by atoms with E-state index >= 15 is 0 Å². The molecule has 0 bridgehead atoms. The quantitative estimate of drug-likeness (QED) is 0.0798. The summed E-state index contributed by atoms with van der Waals surface area (Å²) in [6.45, 7) is 4.54. The summed E-state index contributed by atoms with van der Waals surface area (Å²) >= 11 is 13.2. The Morgan fingerprint density at radius 2 is 1.83 bits per heavy atom. The van der Waals surface area contributed by atoms with E-state index in [1.165, 1.54) is 22.7 Å². The molecular formula is C34H36Cl2N6O5S. The summed E-state index contributed by atoms with van der Waals surface area (Å²) in [6, 6.07) is 16.3. The molecule has 0 aliphatic carbocycles. The van der Waals surface area contributed by atoms with Gasteiger partial charge in [0.2, 0.25) is 15.9 Å². The zero-order chi connectivity index (χ0) is 34.4. The van der Waals surface area contributed by atoms with Gasteiger partial charge in [0, 0.05) is 46.9 Å². The first-order valence-electron chi connectivity index (χ1n) is 15.4. The van der Waals surface area contributed by atoms with Crippen LogP contribution in [0, 0.1) is 13.8 Å². The second-order valence-electron chi connectivity index (χ2n) is 11.4. The number of hydrazone groups is 1. The van der Waals surface area contributed by atoms with Crippen molar-refractivity contribution < 1.29 is 22.7 Å². The molecule has 0 saturated carbocycles. The molecule has 4 N–H and O–H groups in total. The van der Waals surface area contributed by atoms with Crippen molar-refractivity contribution in [2.24, 2.45) is 10.9 Å². The van der Waals surface area contributed by atoms with Crippen LogP contribution < -0.4 is 21.2 Å². The minimum atomic E-state index is -4.17. The molecule has 3 aromatic carbocycles. The summed E-state index contributed by atoms with van der Waals surface area (Å²) in [5, 5.41) is 10.2. The smallest absolute Gasteiger partial charge is 0.251 e. The van der Waals surface area contributed by atoms with Gasteiger partial charge < -0.3 is 21.2 Å². The molecule has 0 spiro atoms. The van der Waals surface area contributed by atoms with Crippen molar-refractivity contribution in [3.8, 4) is 5.75 Å². The zero-order valence-corrected chi connectivity index (χ0v) is 28.8. The zero-order valence-electron chi connectivity index (χ0n) is 26.5. The molecule has 1 fully saturated rings. The summed E-state index contributed by atoms with van der Waals surface area (Å²) in [4.78, 5) is 30.0. The Morgan fingerprint density at radius 1 is 1.08 bits per heavy atom. The second-order valence-corrected chi connectivity index (χ2v) is 14.1. The highest BCUT2D eigenvalue weighted by atomic mass is 35.5. The van der Waals surface area contributed by atoms with Crippen LogP contribution in [0.4, 0.5) is 0 Å². The Balaban J connectivity index is 1.21. The number of hydrogen-bond acceptors (Lipinski definition) is 8. The first kappa shape index (κ1) is 35.1. The van der Waals surface area contributed by atoms with Crippen LogP contribution in [-0.4, -0.2) is 61.4 Å². The molecule has 252 valence electrons. The van der Waals surface area contributed by atoms with Crippen LogP contribution in [0.5, 0.6) is 5.75 Å². The Kier molecular flexibility index (Phi) is 11.2. The number of hydrogen-bond donors (Lipinski definition) is 3. The number of aryl methyl sites for hydroxylation is 2. The number of nitrogens with zero attached hydrogens (tertiary/aromatic N) is 3. The highest BCUT2D eigenvalue weighted by Crippen LogP contribution is 2.36. The van der Waals surface area contributed by atoms with E-state index < -0.39 is 22.0 Å². The number of amides is 2. The Morgan fingerprint density at radius 3 is 2.58 bits per heavy atom. The molecule has 2 heterocycles. The number of fused-ring (bicyclic) bond motifs is 1.